The molecule has 0 aromatic heterocycles. The molecule has 3 heteroatoms. The van der Waals surface area contributed by atoms with Gasteiger partial charge in [0, 0.05) is 12.0 Å². The molecule has 0 unspecified atom stereocenters. The third kappa shape index (κ3) is 4.49. The van der Waals surface area contributed by atoms with E-state index in [9.17, 15) is 0 Å². The predicted molar refractivity (Wildman–Crippen MR) is 93.7 cm³/mol. The van der Waals surface area contributed by atoms with Crippen LogP contribution in [0.2, 0.25) is 0 Å². The van der Waals surface area contributed by atoms with Gasteiger partial charge < -0.3 is 10.5 Å². The van der Waals surface area contributed by atoms with Gasteiger partial charge >= 0.3 is 0 Å². The van der Waals surface area contributed by atoms with Crippen LogP contribution in [-0.2, 0) is 6.42 Å². The second-order valence-electron chi connectivity index (χ2n) is 5.97. The fraction of sp³-hybridized carbons (Fsp3) is 0.368. The van der Waals surface area contributed by atoms with Crippen molar-refractivity contribution in [1.82, 2.24) is 0 Å². The fourth-order valence-electron chi connectivity index (χ4n) is 3.01. The monoisotopic (exact) mass is 317 g/mol. The molecule has 0 saturated heterocycles. The maximum atomic E-state index is 6.07. The van der Waals surface area contributed by atoms with Gasteiger partial charge in [-0.3, -0.25) is 0 Å². The predicted octanol–water partition coefficient (Wildman–Crippen LogP) is 4.21. The zero-order valence-corrected chi connectivity index (χ0v) is 13.6. The molecular formula is C19H24ClNO. The number of benzene rings is 2. The molecule has 3 rings (SSSR count). The highest BCUT2D eigenvalue weighted by atomic mass is 35.5. The summed E-state index contributed by atoms with van der Waals surface area (Å²) in [6.45, 7) is 0.749. The molecule has 2 aromatic rings. The Hall–Kier alpha value is -1.51. The highest BCUT2D eigenvalue weighted by Crippen LogP contribution is 2.25. The minimum absolute atomic E-state index is 0. The van der Waals surface area contributed by atoms with E-state index in [0.29, 0.717) is 12.0 Å². The van der Waals surface area contributed by atoms with Crippen LogP contribution in [-0.4, -0.2) is 12.6 Å². The molecule has 0 radical (unpaired) electrons. The zero-order valence-electron chi connectivity index (χ0n) is 12.8. The van der Waals surface area contributed by atoms with Gasteiger partial charge in [-0.1, -0.05) is 48.9 Å². The van der Waals surface area contributed by atoms with E-state index < -0.39 is 0 Å². The molecule has 1 aliphatic rings. The van der Waals surface area contributed by atoms with Gasteiger partial charge in [0.15, 0.2) is 0 Å². The molecule has 0 spiro atoms. The number of nitrogens with two attached hydrogens (primary N) is 1. The first kappa shape index (κ1) is 16.9. The van der Waals surface area contributed by atoms with E-state index in [1.807, 2.05) is 6.07 Å². The number of hydrogen-bond donors (Lipinski definition) is 1. The normalized spacial score (nSPS) is 20.4. The number of ether oxygens (including phenoxy) is 1. The van der Waals surface area contributed by atoms with E-state index in [0.717, 1.165) is 25.2 Å². The van der Waals surface area contributed by atoms with E-state index in [-0.39, 0.29) is 12.4 Å². The quantitative estimate of drug-likeness (QED) is 0.896. The number of rotatable bonds is 5. The van der Waals surface area contributed by atoms with Crippen LogP contribution in [0.25, 0.3) is 0 Å². The van der Waals surface area contributed by atoms with Gasteiger partial charge in [-0.25, -0.2) is 0 Å². The van der Waals surface area contributed by atoms with Crippen molar-refractivity contribution >= 4 is 12.4 Å². The first-order valence-corrected chi connectivity index (χ1v) is 7.82. The summed E-state index contributed by atoms with van der Waals surface area (Å²) in [4.78, 5) is 0. The Labute approximate surface area is 139 Å². The largest absolute Gasteiger partial charge is 0.493 e. The van der Waals surface area contributed by atoms with E-state index >= 15 is 0 Å². The topological polar surface area (TPSA) is 35.2 Å². The van der Waals surface area contributed by atoms with Crippen LogP contribution in [0.3, 0.4) is 0 Å². The van der Waals surface area contributed by atoms with Crippen LogP contribution >= 0.6 is 12.4 Å². The van der Waals surface area contributed by atoms with E-state index in [4.69, 9.17) is 10.5 Å². The van der Waals surface area contributed by atoms with Gasteiger partial charge in [-0.05, 0) is 42.5 Å². The van der Waals surface area contributed by atoms with Crippen LogP contribution in [0.5, 0.6) is 5.75 Å². The van der Waals surface area contributed by atoms with Crippen molar-refractivity contribution in [3.8, 4) is 5.75 Å². The lowest BCUT2D eigenvalue weighted by Crippen LogP contribution is -2.28. The standard InChI is InChI=1S/C19H23NO.ClH/c20-19-8-4-7-17(19)14-21-18-11-9-16(10-12-18)13-15-5-2-1-3-6-15;/h1-3,5-6,9-12,17,19H,4,7-8,13-14,20H2;1H/t17-,19-;/m0./s1. The van der Waals surface area contributed by atoms with Gasteiger partial charge in [0.2, 0.25) is 0 Å². The maximum Gasteiger partial charge on any atom is 0.119 e. The highest BCUT2D eigenvalue weighted by Gasteiger charge is 2.24. The Morgan fingerprint density at radius 3 is 2.23 bits per heavy atom. The molecule has 2 atom stereocenters. The average molecular weight is 318 g/mol. The van der Waals surface area contributed by atoms with Crippen molar-refractivity contribution in [2.45, 2.75) is 31.7 Å². The Morgan fingerprint density at radius 2 is 1.59 bits per heavy atom. The summed E-state index contributed by atoms with van der Waals surface area (Å²) in [5.74, 6) is 1.47. The van der Waals surface area contributed by atoms with Gasteiger partial charge in [-0.15, -0.1) is 12.4 Å². The molecule has 2 nitrogen and oxygen atoms in total. The van der Waals surface area contributed by atoms with Crippen molar-refractivity contribution in [2.75, 3.05) is 6.61 Å². The molecule has 0 aliphatic heterocycles. The minimum atomic E-state index is 0. The second-order valence-corrected chi connectivity index (χ2v) is 5.97. The van der Waals surface area contributed by atoms with Crippen molar-refractivity contribution in [3.63, 3.8) is 0 Å². The summed E-state index contributed by atoms with van der Waals surface area (Å²) >= 11 is 0. The van der Waals surface area contributed by atoms with E-state index in [2.05, 4.69) is 48.5 Å². The second kappa shape index (κ2) is 8.21. The lowest BCUT2D eigenvalue weighted by molar-refractivity contribution is 0.239. The third-order valence-corrected chi connectivity index (χ3v) is 4.36. The number of hydrogen-bond acceptors (Lipinski definition) is 2. The summed E-state index contributed by atoms with van der Waals surface area (Å²) in [6.07, 6.45) is 4.55. The van der Waals surface area contributed by atoms with Gasteiger partial charge in [0.1, 0.15) is 5.75 Å². The molecule has 22 heavy (non-hydrogen) atoms. The molecule has 0 amide bonds. The molecule has 0 heterocycles. The summed E-state index contributed by atoms with van der Waals surface area (Å²) in [5.41, 5.74) is 8.72. The van der Waals surface area contributed by atoms with Crippen molar-refractivity contribution < 1.29 is 4.74 Å². The summed E-state index contributed by atoms with van der Waals surface area (Å²) in [7, 11) is 0. The van der Waals surface area contributed by atoms with Crippen LogP contribution < -0.4 is 10.5 Å². The highest BCUT2D eigenvalue weighted by molar-refractivity contribution is 5.85. The Morgan fingerprint density at radius 1 is 0.909 bits per heavy atom. The summed E-state index contributed by atoms with van der Waals surface area (Å²) in [6, 6.07) is 19.3. The molecule has 1 fully saturated rings. The minimum Gasteiger partial charge on any atom is -0.493 e. The summed E-state index contributed by atoms with van der Waals surface area (Å²) < 4.78 is 5.89. The van der Waals surface area contributed by atoms with Crippen LogP contribution in [0.4, 0.5) is 0 Å². The molecule has 0 bridgehead atoms. The SMILES string of the molecule is Cl.N[C@H]1CCC[C@H]1COc1ccc(Cc2ccccc2)cc1. The van der Waals surface area contributed by atoms with Crippen molar-refractivity contribution in [2.24, 2.45) is 11.7 Å². The smallest absolute Gasteiger partial charge is 0.119 e. The van der Waals surface area contributed by atoms with Crippen LogP contribution in [0.1, 0.15) is 30.4 Å². The molecule has 1 saturated carbocycles. The fourth-order valence-corrected chi connectivity index (χ4v) is 3.01. The van der Waals surface area contributed by atoms with Gasteiger partial charge in [-0.2, -0.15) is 0 Å². The average Bonchev–Trinajstić information content (AvgIpc) is 2.93. The van der Waals surface area contributed by atoms with E-state index in [1.165, 1.54) is 24.0 Å². The Kier molecular flexibility index (Phi) is 6.29. The van der Waals surface area contributed by atoms with Gasteiger partial charge in [0.05, 0.1) is 6.61 Å². The van der Waals surface area contributed by atoms with Crippen LogP contribution in [0.15, 0.2) is 54.6 Å². The Bertz CT molecular complexity index is 555. The number of halogens is 1. The first-order valence-electron chi connectivity index (χ1n) is 7.82. The van der Waals surface area contributed by atoms with Crippen LogP contribution in [0, 0.1) is 5.92 Å². The van der Waals surface area contributed by atoms with Crippen molar-refractivity contribution in [1.29, 1.82) is 0 Å². The van der Waals surface area contributed by atoms with Crippen molar-refractivity contribution in [3.05, 3.63) is 65.7 Å². The third-order valence-electron chi connectivity index (χ3n) is 4.36. The van der Waals surface area contributed by atoms with E-state index in [1.54, 1.807) is 0 Å². The van der Waals surface area contributed by atoms with Gasteiger partial charge in [0.25, 0.3) is 0 Å². The molecule has 2 aromatic carbocycles. The molecular weight excluding hydrogens is 294 g/mol. The lowest BCUT2D eigenvalue weighted by Gasteiger charge is -2.16. The molecule has 2 N–H and O–H groups in total. The lowest BCUT2D eigenvalue weighted by atomic mass is 10.0. The molecule has 1 aliphatic carbocycles. The zero-order chi connectivity index (χ0) is 14.5. The first-order chi connectivity index (χ1) is 10.3. The summed E-state index contributed by atoms with van der Waals surface area (Å²) in [5, 5.41) is 0. The Balaban J connectivity index is 0.00000176. The molecule has 118 valence electrons. The maximum absolute atomic E-state index is 6.07.